The Morgan fingerprint density at radius 3 is 2.21 bits per heavy atom. The van der Waals surface area contributed by atoms with Gasteiger partial charge in [-0.3, -0.25) is 18.6 Å². The molecule has 11 nitrogen and oxygen atoms in total. The van der Waals surface area contributed by atoms with E-state index in [1.165, 1.54) is 0 Å². The first kappa shape index (κ1) is 26.5. The maximum Gasteiger partial charge on any atom is 0.472 e. The second-order valence-electron chi connectivity index (χ2n) is 6.06. The third-order valence-corrected chi connectivity index (χ3v) is 4.32. The van der Waals surface area contributed by atoms with Crippen LogP contribution in [-0.2, 0) is 32.7 Å². The summed E-state index contributed by atoms with van der Waals surface area (Å²) in [5, 5.41) is 20.9. The molecule has 164 valence electrons. The highest BCUT2D eigenvalue weighted by atomic mass is 31.2. The van der Waals surface area contributed by atoms with Crippen molar-refractivity contribution < 1.29 is 47.8 Å². The molecular formula is C16H30NO10P. The van der Waals surface area contributed by atoms with E-state index >= 15 is 0 Å². The number of carbonyl (C=O) groups is 3. The summed E-state index contributed by atoms with van der Waals surface area (Å²) in [5.74, 6) is -2.47. The number of aliphatic hydroxyl groups is 1. The van der Waals surface area contributed by atoms with Gasteiger partial charge in [-0.2, -0.15) is 0 Å². The molecule has 3 atom stereocenters. The monoisotopic (exact) mass is 427 g/mol. The topological polar surface area (TPSA) is 169 Å². The number of aliphatic carboxylic acids is 1. The number of phosphoric acid groups is 1. The smallest absolute Gasteiger partial charge is 0.472 e. The Balaban J connectivity index is 4.33. The lowest BCUT2D eigenvalue weighted by molar-refractivity contribution is -0.147. The van der Waals surface area contributed by atoms with Crippen LogP contribution in [0.1, 0.15) is 52.4 Å². The average Bonchev–Trinajstić information content (AvgIpc) is 2.62. The third-order valence-electron chi connectivity index (χ3n) is 3.37. The highest BCUT2D eigenvalue weighted by Gasteiger charge is 2.28. The Labute approximate surface area is 164 Å². The second kappa shape index (κ2) is 14.5. The molecule has 0 aliphatic heterocycles. The number of carboxylic acids is 1. The zero-order valence-corrected chi connectivity index (χ0v) is 17.1. The molecule has 12 heteroatoms. The molecule has 0 rings (SSSR count). The molecule has 0 aromatic heterocycles. The number of unbranched alkanes of at least 4 members (excludes halogenated alkanes) is 2. The van der Waals surface area contributed by atoms with Crippen LogP contribution in [0.2, 0.25) is 0 Å². The number of phosphoric ester groups is 1. The van der Waals surface area contributed by atoms with Crippen molar-refractivity contribution in [2.75, 3.05) is 19.8 Å². The van der Waals surface area contributed by atoms with Gasteiger partial charge < -0.3 is 25.2 Å². The molecule has 28 heavy (non-hydrogen) atoms. The molecule has 0 aliphatic carbocycles. The summed E-state index contributed by atoms with van der Waals surface area (Å²) in [5.41, 5.74) is 0. The summed E-state index contributed by atoms with van der Waals surface area (Å²) in [4.78, 5) is 43.6. The largest absolute Gasteiger partial charge is 0.480 e. The van der Waals surface area contributed by atoms with Crippen LogP contribution in [0.4, 0.5) is 0 Å². The molecule has 0 radical (unpaired) electrons. The van der Waals surface area contributed by atoms with Gasteiger partial charge in [0.25, 0.3) is 0 Å². The number of ether oxygens (including phenoxy) is 1. The van der Waals surface area contributed by atoms with Gasteiger partial charge in [0.2, 0.25) is 5.91 Å². The maximum atomic E-state index is 11.8. The van der Waals surface area contributed by atoms with Gasteiger partial charge in [-0.15, -0.1) is 0 Å². The summed E-state index contributed by atoms with van der Waals surface area (Å²) in [6, 6.07) is -1.53. The first-order chi connectivity index (χ1) is 13.1. The maximum absolute atomic E-state index is 11.8. The molecule has 0 spiro atoms. The molecule has 3 unspecified atom stereocenters. The molecule has 0 aliphatic rings. The van der Waals surface area contributed by atoms with Gasteiger partial charge >= 0.3 is 19.8 Å². The zero-order valence-electron chi connectivity index (χ0n) is 16.2. The van der Waals surface area contributed by atoms with E-state index in [0.717, 1.165) is 12.8 Å². The van der Waals surface area contributed by atoms with Crippen molar-refractivity contribution in [1.82, 2.24) is 5.32 Å². The standard InChI is InChI=1S/C16H30NO10P/c1-3-5-6-8-14(19)17-13(16(21)22)11-27-28(23,24)26-10-12(18)9-25-15(20)7-4-2/h12-13,18H,3-11H2,1-2H3,(H,17,19)(H,21,22)(H,23,24). The van der Waals surface area contributed by atoms with E-state index in [1.54, 1.807) is 6.92 Å². The number of carboxylic acid groups (broad SMARTS) is 1. The second-order valence-corrected chi connectivity index (χ2v) is 7.52. The number of hydrogen-bond acceptors (Lipinski definition) is 8. The van der Waals surface area contributed by atoms with Crippen LogP contribution in [0, 0.1) is 0 Å². The van der Waals surface area contributed by atoms with Crippen molar-refractivity contribution in [2.24, 2.45) is 0 Å². The van der Waals surface area contributed by atoms with Crippen molar-refractivity contribution >= 4 is 25.7 Å². The first-order valence-electron chi connectivity index (χ1n) is 9.09. The summed E-state index contributed by atoms with van der Waals surface area (Å²) in [6.07, 6.45) is 1.83. The van der Waals surface area contributed by atoms with E-state index in [-0.39, 0.29) is 12.8 Å². The van der Waals surface area contributed by atoms with E-state index in [1.807, 2.05) is 6.92 Å². The number of rotatable bonds is 16. The van der Waals surface area contributed by atoms with E-state index in [9.17, 15) is 28.9 Å². The number of nitrogens with one attached hydrogen (secondary N) is 1. The van der Waals surface area contributed by atoms with Crippen molar-refractivity contribution in [3.05, 3.63) is 0 Å². The highest BCUT2D eigenvalue weighted by Crippen LogP contribution is 2.43. The van der Waals surface area contributed by atoms with E-state index < -0.39 is 57.6 Å². The predicted octanol–water partition coefficient (Wildman–Crippen LogP) is 0.974. The third kappa shape index (κ3) is 13.6. The van der Waals surface area contributed by atoms with Gasteiger partial charge in [-0.05, 0) is 12.8 Å². The molecule has 0 heterocycles. The minimum Gasteiger partial charge on any atom is -0.480 e. The lowest BCUT2D eigenvalue weighted by atomic mass is 10.2. The molecule has 0 saturated heterocycles. The Kier molecular flexibility index (Phi) is 13.7. The Bertz CT molecular complexity index is 542. The van der Waals surface area contributed by atoms with E-state index in [4.69, 9.17) is 9.84 Å². The van der Waals surface area contributed by atoms with Crippen LogP contribution >= 0.6 is 7.82 Å². The lowest BCUT2D eigenvalue weighted by Crippen LogP contribution is -2.43. The van der Waals surface area contributed by atoms with Crippen molar-refractivity contribution in [3.8, 4) is 0 Å². The van der Waals surface area contributed by atoms with Crippen LogP contribution < -0.4 is 5.32 Å². The number of amides is 1. The van der Waals surface area contributed by atoms with Crippen LogP contribution in [-0.4, -0.2) is 64.9 Å². The Morgan fingerprint density at radius 2 is 1.64 bits per heavy atom. The molecule has 0 fully saturated rings. The zero-order chi connectivity index (χ0) is 21.6. The van der Waals surface area contributed by atoms with Crippen LogP contribution in [0.5, 0.6) is 0 Å². The van der Waals surface area contributed by atoms with Crippen molar-refractivity contribution in [1.29, 1.82) is 0 Å². The molecule has 0 aromatic rings. The number of carbonyl (C=O) groups excluding carboxylic acids is 2. The number of aliphatic hydroxyl groups excluding tert-OH is 1. The van der Waals surface area contributed by atoms with E-state index in [2.05, 4.69) is 14.4 Å². The highest BCUT2D eigenvalue weighted by molar-refractivity contribution is 7.47. The number of hydrogen-bond donors (Lipinski definition) is 4. The van der Waals surface area contributed by atoms with Gasteiger partial charge in [-0.25, -0.2) is 9.36 Å². The molecule has 4 N–H and O–H groups in total. The Morgan fingerprint density at radius 1 is 1.00 bits per heavy atom. The lowest BCUT2D eigenvalue weighted by Gasteiger charge is -2.18. The Hall–Kier alpha value is -1.52. The summed E-state index contributed by atoms with van der Waals surface area (Å²) >= 11 is 0. The van der Waals surface area contributed by atoms with Gasteiger partial charge in [0.1, 0.15) is 12.7 Å². The number of esters is 1. The van der Waals surface area contributed by atoms with Gasteiger partial charge in [0, 0.05) is 12.8 Å². The van der Waals surface area contributed by atoms with Crippen LogP contribution in [0.15, 0.2) is 0 Å². The van der Waals surface area contributed by atoms with Crippen LogP contribution in [0.25, 0.3) is 0 Å². The van der Waals surface area contributed by atoms with Crippen molar-refractivity contribution in [3.63, 3.8) is 0 Å². The summed E-state index contributed by atoms with van der Waals surface area (Å²) in [7, 11) is -4.68. The molecule has 0 bridgehead atoms. The fraction of sp³-hybridized carbons (Fsp3) is 0.812. The fourth-order valence-corrected chi connectivity index (χ4v) is 2.65. The van der Waals surface area contributed by atoms with Gasteiger partial charge in [-0.1, -0.05) is 26.7 Å². The summed E-state index contributed by atoms with van der Waals surface area (Å²) < 4.78 is 25.6. The molecule has 0 aromatic carbocycles. The quantitative estimate of drug-likeness (QED) is 0.158. The minimum absolute atomic E-state index is 0.133. The molecule has 1 amide bonds. The fourth-order valence-electron chi connectivity index (χ4n) is 1.88. The van der Waals surface area contributed by atoms with Gasteiger partial charge in [0.15, 0.2) is 6.04 Å². The molecular weight excluding hydrogens is 397 g/mol. The molecule has 0 saturated carbocycles. The summed E-state index contributed by atoms with van der Waals surface area (Å²) in [6.45, 7) is 1.83. The predicted molar refractivity (Wildman–Crippen MR) is 97.3 cm³/mol. The minimum atomic E-state index is -4.68. The van der Waals surface area contributed by atoms with Gasteiger partial charge in [0.05, 0.1) is 13.2 Å². The normalized spacial score (nSPS) is 15.3. The average molecular weight is 427 g/mol. The van der Waals surface area contributed by atoms with E-state index in [0.29, 0.717) is 12.8 Å². The van der Waals surface area contributed by atoms with Crippen LogP contribution in [0.3, 0.4) is 0 Å². The van der Waals surface area contributed by atoms with Crippen molar-refractivity contribution in [2.45, 2.75) is 64.5 Å². The SMILES string of the molecule is CCCCCC(=O)NC(COP(=O)(O)OCC(O)COC(=O)CCC)C(=O)O. The first-order valence-corrected chi connectivity index (χ1v) is 10.6.